The molecule has 2 aromatic carbocycles. The van der Waals surface area contributed by atoms with Crippen LogP contribution >= 0.6 is 11.6 Å². The number of furan rings is 1. The summed E-state index contributed by atoms with van der Waals surface area (Å²) < 4.78 is 10.8. The second-order valence-corrected chi connectivity index (χ2v) is 8.02. The predicted molar refractivity (Wildman–Crippen MR) is 123 cm³/mol. The normalized spacial score (nSPS) is 15.8. The van der Waals surface area contributed by atoms with Crippen molar-refractivity contribution in [3.05, 3.63) is 94.5 Å². The minimum atomic E-state index is -0.418. The maximum Gasteiger partial charge on any atom is 0.310 e. The van der Waals surface area contributed by atoms with E-state index in [1.165, 1.54) is 11.3 Å². The molecule has 0 saturated heterocycles. The molecule has 0 fully saturated rings. The highest BCUT2D eigenvalue weighted by Gasteiger charge is 2.36. The maximum absolute atomic E-state index is 13.3. The Kier molecular flexibility index (Phi) is 5.15. The van der Waals surface area contributed by atoms with Gasteiger partial charge in [0.15, 0.2) is 5.76 Å². The first-order chi connectivity index (χ1) is 15.5. The molecule has 0 aliphatic carbocycles. The molecule has 0 bridgehead atoms. The lowest BCUT2D eigenvalue weighted by molar-refractivity contribution is 0.0678. The van der Waals surface area contributed by atoms with Crippen LogP contribution in [0.25, 0.3) is 10.9 Å². The van der Waals surface area contributed by atoms with Crippen LogP contribution < -0.4 is 4.74 Å². The van der Waals surface area contributed by atoms with Gasteiger partial charge in [-0.1, -0.05) is 53.6 Å². The SMILES string of the molecule is COc1cccc2cc([C@H]3CC(c4cccc(C)c4)=NN3C(=O)c3ccco3)c(Cl)nc12. The minimum Gasteiger partial charge on any atom is -0.494 e. The number of para-hydroxylation sites is 1. The zero-order chi connectivity index (χ0) is 22.2. The molecule has 6 nitrogen and oxygen atoms in total. The van der Waals surface area contributed by atoms with Crippen molar-refractivity contribution in [1.29, 1.82) is 0 Å². The van der Waals surface area contributed by atoms with Gasteiger partial charge in [-0.05, 0) is 36.8 Å². The third-order valence-electron chi connectivity index (χ3n) is 5.57. The lowest BCUT2D eigenvalue weighted by Crippen LogP contribution is -2.27. The number of nitrogens with zero attached hydrogens (tertiary/aromatic N) is 3. The van der Waals surface area contributed by atoms with E-state index in [2.05, 4.69) is 11.1 Å². The summed E-state index contributed by atoms with van der Waals surface area (Å²) in [5.41, 5.74) is 4.29. The molecular formula is C25H20ClN3O3. The summed E-state index contributed by atoms with van der Waals surface area (Å²) in [7, 11) is 1.60. The number of aryl methyl sites for hydroxylation is 1. The molecule has 0 radical (unpaired) electrons. The first-order valence-electron chi connectivity index (χ1n) is 10.2. The molecule has 4 aromatic rings. The first-order valence-corrected chi connectivity index (χ1v) is 10.6. The molecule has 1 aliphatic rings. The predicted octanol–water partition coefficient (Wildman–Crippen LogP) is 5.79. The van der Waals surface area contributed by atoms with Crippen molar-refractivity contribution >= 4 is 34.1 Å². The molecule has 0 N–H and O–H groups in total. The van der Waals surface area contributed by atoms with Crippen LogP contribution in [0, 0.1) is 6.92 Å². The van der Waals surface area contributed by atoms with Gasteiger partial charge in [0.05, 0.1) is 25.1 Å². The van der Waals surface area contributed by atoms with Crippen LogP contribution in [0.3, 0.4) is 0 Å². The third-order valence-corrected chi connectivity index (χ3v) is 5.87. The van der Waals surface area contributed by atoms with Crippen molar-refractivity contribution in [3.8, 4) is 5.75 Å². The van der Waals surface area contributed by atoms with Gasteiger partial charge in [-0.15, -0.1) is 0 Å². The smallest absolute Gasteiger partial charge is 0.310 e. The lowest BCUT2D eigenvalue weighted by atomic mass is 9.97. The van der Waals surface area contributed by atoms with Crippen LogP contribution in [-0.4, -0.2) is 28.7 Å². The highest BCUT2D eigenvalue weighted by molar-refractivity contribution is 6.30. The van der Waals surface area contributed by atoms with Crippen LogP contribution in [0.15, 0.2) is 76.4 Å². The first kappa shape index (κ1) is 20.3. The molecule has 0 saturated carbocycles. The largest absolute Gasteiger partial charge is 0.494 e. The van der Waals surface area contributed by atoms with Gasteiger partial charge >= 0.3 is 5.91 Å². The average Bonchev–Trinajstić information content (AvgIpc) is 3.48. The summed E-state index contributed by atoms with van der Waals surface area (Å²) in [4.78, 5) is 17.8. The number of hydrazone groups is 1. The number of aromatic nitrogens is 1. The number of carbonyl (C=O) groups excluding carboxylic acids is 1. The Morgan fingerprint density at radius 3 is 2.75 bits per heavy atom. The van der Waals surface area contributed by atoms with Crippen molar-refractivity contribution in [2.75, 3.05) is 7.11 Å². The van der Waals surface area contributed by atoms with Crippen LogP contribution in [0.1, 0.15) is 39.7 Å². The summed E-state index contributed by atoms with van der Waals surface area (Å²) in [6, 6.07) is 18.6. The summed E-state index contributed by atoms with van der Waals surface area (Å²) in [6.07, 6.45) is 1.98. The Balaban J connectivity index is 1.61. The fourth-order valence-electron chi connectivity index (χ4n) is 4.02. The molecule has 2 aromatic heterocycles. The molecule has 0 unspecified atom stereocenters. The van der Waals surface area contributed by atoms with Gasteiger partial charge in [0.25, 0.3) is 0 Å². The number of fused-ring (bicyclic) bond motifs is 1. The zero-order valence-corrected chi connectivity index (χ0v) is 18.3. The van der Waals surface area contributed by atoms with E-state index in [0.29, 0.717) is 22.8 Å². The summed E-state index contributed by atoms with van der Waals surface area (Å²) >= 11 is 6.65. The summed E-state index contributed by atoms with van der Waals surface area (Å²) in [6.45, 7) is 2.03. The molecule has 7 heteroatoms. The number of amides is 1. The van der Waals surface area contributed by atoms with E-state index in [1.54, 1.807) is 19.2 Å². The van der Waals surface area contributed by atoms with Gasteiger partial charge < -0.3 is 9.15 Å². The molecular weight excluding hydrogens is 426 g/mol. The van der Waals surface area contributed by atoms with Crippen molar-refractivity contribution in [1.82, 2.24) is 9.99 Å². The monoisotopic (exact) mass is 445 g/mol. The number of hydrogen-bond donors (Lipinski definition) is 0. The number of pyridine rings is 1. The number of halogens is 1. The number of rotatable bonds is 4. The standard InChI is InChI=1S/C25H20ClN3O3/c1-15-6-3-7-16(12-15)19-14-20(29(28-19)25(30)22-10-5-11-32-22)18-13-17-8-4-9-21(31-2)23(17)27-24(18)26/h3-13,20H,14H2,1-2H3/t20-/m1/s1. The van der Waals surface area contributed by atoms with Gasteiger partial charge in [0.1, 0.15) is 16.4 Å². The molecule has 5 rings (SSSR count). The van der Waals surface area contributed by atoms with Crippen LogP contribution in [-0.2, 0) is 0 Å². The maximum atomic E-state index is 13.3. The Labute approximate surface area is 190 Å². The number of benzene rings is 2. The van der Waals surface area contributed by atoms with Gasteiger partial charge in [-0.2, -0.15) is 5.10 Å². The number of hydrogen-bond acceptors (Lipinski definition) is 5. The topological polar surface area (TPSA) is 67.9 Å². The number of carbonyl (C=O) groups is 1. The number of ether oxygens (including phenoxy) is 1. The Bertz CT molecular complexity index is 1350. The van der Waals surface area contributed by atoms with E-state index in [-0.39, 0.29) is 11.7 Å². The molecule has 1 aliphatic heterocycles. The molecule has 32 heavy (non-hydrogen) atoms. The zero-order valence-electron chi connectivity index (χ0n) is 17.6. The Hall–Kier alpha value is -3.64. The molecule has 0 spiro atoms. The van der Waals surface area contributed by atoms with E-state index in [9.17, 15) is 4.79 Å². The average molecular weight is 446 g/mol. The van der Waals surface area contributed by atoms with Crippen molar-refractivity contribution < 1.29 is 13.9 Å². The van der Waals surface area contributed by atoms with Crippen LogP contribution in [0.4, 0.5) is 0 Å². The quantitative estimate of drug-likeness (QED) is 0.373. The van der Waals surface area contributed by atoms with Crippen molar-refractivity contribution in [3.63, 3.8) is 0 Å². The second kappa shape index (κ2) is 8.13. The summed E-state index contributed by atoms with van der Waals surface area (Å²) in [5.74, 6) is 0.530. The van der Waals surface area contributed by atoms with Gasteiger partial charge in [-0.3, -0.25) is 4.79 Å². The van der Waals surface area contributed by atoms with E-state index >= 15 is 0 Å². The van der Waals surface area contributed by atoms with Crippen LogP contribution in [0.5, 0.6) is 5.75 Å². The Morgan fingerprint density at radius 2 is 2.00 bits per heavy atom. The highest BCUT2D eigenvalue weighted by Crippen LogP contribution is 2.39. The fraction of sp³-hybridized carbons (Fsp3) is 0.160. The summed E-state index contributed by atoms with van der Waals surface area (Å²) in [5, 5.41) is 7.33. The van der Waals surface area contributed by atoms with Gasteiger partial charge in [-0.25, -0.2) is 9.99 Å². The van der Waals surface area contributed by atoms with Gasteiger partial charge in [0, 0.05) is 17.4 Å². The van der Waals surface area contributed by atoms with E-state index in [1.807, 2.05) is 49.4 Å². The van der Waals surface area contributed by atoms with Crippen LogP contribution in [0.2, 0.25) is 5.15 Å². The second-order valence-electron chi connectivity index (χ2n) is 7.66. The lowest BCUT2D eigenvalue weighted by Gasteiger charge is -2.22. The van der Waals surface area contributed by atoms with E-state index in [0.717, 1.165) is 27.8 Å². The van der Waals surface area contributed by atoms with Crippen molar-refractivity contribution in [2.45, 2.75) is 19.4 Å². The molecule has 3 heterocycles. The molecule has 160 valence electrons. The Morgan fingerprint density at radius 1 is 1.16 bits per heavy atom. The van der Waals surface area contributed by atoms with Gasteiger partial charge in [0.2, 0.25) is 0 Å². The van der Waals surface area contributed by atoms with E-state index in [4.69, 9.17) is 25.9 Å². The fourth-order valence-corrected chi connectivity index (χ4v) is 4.28. The molecule has 1 atom stereocenters. The van der Waals surface area contributed by atoms with E-state index < -0.39 is 6.04 Å². The minimum absolute atomic E-state index is 0.218. The van der Waals surface area contributed by atoms with Crippen molar-refractivity contribution in [2.24, 2.45) is 5.10 Å². The third kappa shape index (κ3) is 3.52. The number of methoxy groups -OCH3 is 1. The molecule has 1 amide bonds. The highest BCUT2D eigenvalue weighted by atomic mass is 35.5.